The lowest BCUT2D eigenvalue weighted by Gasteiger charge is -2.21. The van der Waals surface area contributed by atoms with E-state index in [9.17, 15) is 0 Å². The summed E-state index contributed by atoms with van der Waals surface area (Å²) in [7, 11) is 0. The molecule has 1 aromatic rings. The van der Waals surface area contributed by atoms with E-state index in [1.807, 2.05) is 4.90 Å². The number of aryl methyl sites for hydroxylation is 1. The van der Waals surface area contributed by atoms with Gasteiger partial charge in [-0.2, -0.15) is 5.11 Å². The third-order valence-corrected chi connectivity index (χ3v) is 2.83. The van der Waals surface area contributed by atoms with Crippen molar-refractivity contribution < 1.29 is 0 Å². The summed E-state index contributed by atoms with van der Waals surface area (Å²) in [5.41, 5.74) is 2.39. The number of rotatable bonds is 2. The van der Waals surface area contributed by atoms with Gasteiger partial charge in [0.25, 0.3) is 0 Å². The van der Waals surface area contributed by atoms with Crippen LogP contribution in [-0.4, -0.2) is 16.6 Å². The highest BCUT2D eigenvalue weighted by molar-refractivity contribution is 7.80. The molecule has 1 aliphatic rings. The summed E-state index contributed by atoms with van der Waals surface area (Å²) >= 11 is 5.11. The second-order valence-corrected chi connectivity index (χ2v) is 3.93. The summed E-state index contributed by atoms with van der Waals surface area (Å²) in [6.45, 7) is 4.97. The third-order valence-electron chi connectivity index (χ3n) is 2.51. The van der Waals surface area contributed by atoms with Gasteiger partial charge < -0.3 is 4.90 Å². The molecule has 78 valence electrons. The number of benzene rings is 1. The highest BCUT2D eigenvalue weighted by Gasteiger charge is 2.25. The number of azo groups is 1. The molecule has 0 saturated heterocycles. The molecule has 0 radical (unpaired) electrons. The highest BCUT2D eigenvalue weighted by Crippen LogP contribution is 2.28. The number of hydrogen-bond donors (Lipinski definition) is 0. The molecule has 0 N–H and O–H groups in total. The van der Waals surface area contributed by atoms with Gasteiger partial charge in [0.1, 0.15) is 0 Å². The molecule has 3 nitrogen and oxygen atoms in total. The Balaban J connectivity index is 2.28. The predicted molar refractivity (Wildman–Crippen MR) is 63.8 cm³/mol. The van der Waals surface area contributed by atoms with Gasteiger partial charge in [-0.1, -0.05) is 29.8 Å². The lowest BCUT2D eigenvalue weighted by atomic mass is 10.1. The molecular weight excluding hydrogens is 206 g/mol. The molecule has 1 unspecified atom stereocenters. The minimum atomic E-state index is -0.0249. The second kappa shape index (κ2) is 4.06. The van der Waals surface area contributed by atoms with Gasteiger partial charge in [0, 0.05) is 6.54 Å². The lowest BCUT2D eigenvalue weighted by Crippen LogP contribution is -2.26. The molecule has 1 aromatic carbocycles. The largest absolute Gasteiger partial charge is 0.319 e. The molecule has 0 aromatic heterocycles. The van der Waals surface area contributed by atoms with Crippen molar-refractivity contribution in [2.75, 3.05) is 6.54 Å². The van der Waals surface area contributed by atoms with Crippen molar-refractivity contribution >= 4 is 17.3 Å². The van der Waals surface area contributed by atoms with Crippen molar-refractivity contribution in [2.45, 2.75) is 20.0 Å². The Labute approximate surface area is 94.8 Å². The van der Waals surface area contributed by atoms with Crippen LogP contribution in [0.4, 0.5) is 0 Å². The molecule has 0 amide bonds. The van der Waals surface area contributed by atoms with Crippen LogP contribution in [0.25, 0.3) is 0 Å². The smallest absolute Gasteiger partial charge is 0.218 e. The fourth-order valence-corrected chi connectivity index (χ4v) is 1.90. The Bertz CT molecular complexity index is 397. The van der Waals surface area contributed by atoms with Gasteiger partial charge in [-0.05, 0) is 31.6 Å². The van der Waals surface area contributed by atoms with Gasteiger partial charge in [-0.15, -0.1) is 5.11 Å². The first-order valence-electron chi connectivity index (χ1n) is 5.00. The van der Waals surface area contributed by atoms with Gasteiger partial charge in [0.05, 0.1) is 0 Å². The first-order chi connectivity index (χ1) is 7.22. The van der Waals surface area contributed by atoms with Crippen molar-refractivity contribution in [2.24, 2.45) is 10.2 Å². The molecule has 1 aliphatic heterocycles. The van der Waals surface area contributed by atoms with Crippen LogP contribution >= 0.6 is 12.2 Å². The molecule has 0 saturated carbocycles. The van der Waals surface area contributed by atoms with Crippen LogP contribution in [0.2, 0.25) is 0 Å². The fourth-order valence-electron chi connectivity index (χ4n) is 1.62. The zero-order chi connectivity index (χ0) is 10.8. The zero-order valence-electron chi connectivity index (χ0n) is 8.84. The van der Waals surface area contributed by atoms with E-state index in [-0.39, 0.29) is 6.17 Å². The summed E-state index contributed by atoms with van der Waals surface area (Å²) in [5.74, 6) is 0. The van der Waals surface area contributed by atoms with Crippen molar-refractivity contribution in [3.63, 3.8) is 0 Å². The molecule has 0 spiro atoms. The van der Waals surface area contributed by atoms with E-state index in [1.165, 1.54) is 5.56 Å². The first kappa shape index (κ1) is 10.2. The zero-order valence-corrected chi connectivity index (χ0v) is 9.66. The van der Waals surface area contributed by atoms with Crippen molar-refractivity contribution in [3.8, 4) is 0 Å². The minimum absolute atomic E-state index is 0.0249. The van der Waals surface area contributed by atoms with Gasteiger partial charge in [0.15, 0.2) is 6.17 Å². The molecule has 4 heteroatoms. The Hall–Kier alpha value is -1.29. The van der Waals surface area contributed by atoms with Crippen molar-refractivity contribution in [3.05, 3.63) is 35.4 Å². The SMILES string of the molecule is CCN1C(=S)N=NC1c1ccc(C)cc1. The molecule has 0 fully saturated rings. The van der Waals surface area contributed by atoms with E-state index in [0.717, 1.165) is 12.1 Å². The maximum atomic E-state index is 5.11. The fraction of sp³-hybridized carbons (Fsp3) is 0.364. The number of hydrogen-bond acceptors (Lipinski definition) is 2. The van der Waals surface area contributed by atoms with E-state index in [0.29, 0.717) is 5.11 Å². The number of thiocarbonyl (C=S) groups is 1. The molecule has 1 heterocycles. The van der Waals surface area contributed by atoms with E-state index in [2.05, 4.69) is 48.3 Å². The van der Waals surface area contributed by atoms with E-state index < -0.39 is 0 Å². The van der Waals surface area contributed by atoms with E-state index in [4.69, 9.17) is 12.2 Å². The van der Waals surface area contributed by atoms with E-state index in [1.54, 1.807) is 0 Å². The third kappa shape index (κ3) is 1.90. The average molecular weight is 219 g/mol. The molecule has 1 atom stereocenters. The van der Waals surface area contributed by atoms with Crippen LogP contribution < -0.4 is 0 Å². The summed E-state index contributed by atoms with van der Waals surface area (Å²) < 4.78 is 0. The van der Waals surface area contributed by atoms with Crippen molar-refractivity contribution in [1.29, 1.82) is 0 Å². The molecule has 0 aliphatic carbocycles. The normalized spacial score (nSPS) is 20.0. The van der Waals surface area contributed by atoms with Crippen molar-refractivity contribution in [1.82, 2.24) is 4.90 Å². The van der Waals surface area contributed by atoms with Crippen LogP contribution in [0.5, 0.6) is 0 Å². The second-order valence-electron chi connectivity index (χ2n) is 3.57. The number of nitrogens with zero attached hydrogens (tertiary/aromatic N) is 3. The Morgan fingerprint density at radius 3 is 2.60 bits per heavy atom. The summed E-state index contributed by atoms with van der Waals surface area (Å²) in [5, 5.41) is 8.72. The van der Waals surface area contributed by atoms with Gasteiger partial charge in [-0.25, -0.2) is 0 Å². The summed E-state index contributed by atoms with van der Waals surface area (Å²) in [6.07, 6.45) is -0.0249. The maximum Gasteiger partial charge on any atom is 0.218 e. The topological polar surface area (TPSA) is 28.0 Å². The quantitative estimate of drug-likeness (QED) is 0.715. The van der Waals surface area contributed by atoms with Crippen LogP contribution in [0.1, 0.15) is 24.2 Å². The molecular formula is C11H13N3S. The highest BCUT2D eigenvalue weighted by atomic mass is 32.1. The lowest BCUT2D eigenvalue weighted by molar-refractivity contribution is 0.364. The van der Waals surface area contributed by atoms with Crippen LogP contribution in [0.15, 0.2) is 34.5 Å². The van der Waals surface area contributed by atoms with Crippen LogP contribution in [-0.2, 0) is 0 Å². The Morgan fingerprint density at radius 2 is 2.00 bits per heavy atom. The molecule has 15 heavy (non-hydrogen) atoms. The monoisotopic (exact) mass is 219 g/mol. The van der Waals surface area contributed by atoms with E-state index >= 15 is 0 Å². The van der Waals surface area contributed by atoms with Crippen LogP contribution in [0, 0.1) is 6.92 Å². The Morgan fingerprint density at radius 1 is 1.33 bits per heavy atom. The minimum Gasteiger partial charge on any atom is -0.319 e. The average Bonchev–Trinajstić information content (AvgIpc) is 2.61. The Kier molecular flexibility index (Phi) is 2.77. The predicted octanol–water partition coefficient (Wildman–Crippen LogP) is 3.07. The molecule has 2 rings (SSSR count). The first-order valence-corrected chi connectivity index (χ1v) is 5.41. The standard InChI is InChI=1S/C11H13N3S/c1-3-14-10(12-13-11(14)15)9-6-4-8(2)5-7-9/h4-7,10H,3H2,1-2H3. The van der Waals surface area contributed by atoms with Gasteiger partial charge in [0.2, 0.25) is 5.11 Å². The summed E-state index contributed by atoms with van der Waals surface area (Å²) in [6, 6.07) is 8.32. The summed E-state index contributed by atoms with van der Waals surface area (Å²) in [4.78, 5) is 2.01. The van der Waals surface area contributed by atoms with Gasteiger partial charge in [-0.3, -0.25) is 0 Å². The molecule has 0 bridgehead atoms. The van der Waals surface area contributed by atoms with Gasteiger partial charge >= 0.3 is 0 Å². The maximum absolute atomic E-state index is 5.11. The van der Waals surface area contributed by atoms with Crippen LogP contribution in [0.3, 0.4) is 0 Å².